The Morgan fingerprint density at radius 2 is 1.05 bits per heavy atom. The van der Waals surface area contributed by atoms with Crippen LogP contribution in [0.5, 0.6) is 0 Å². The smallest absolute Gasteiger partial charge is 0.319 e. The van der Waals surface area contributed by atoms with Gasteiger partial charge in [-0.3, -0.25) is 9.98 Å². The van der Waals surface area contributed by atoms with Gasteiger partial charge >= 0.3 is 12.1 Å². The number of unbranched alkanes of at least 4 members (excludes halogenated alkanes) is 3. The summed E-state index contributed by atoms with van der Waals surface area (Å²) < 4.78 is 0. The maximum atomic E-state index is 12.1. The molecule has 2 aromatic rings. The molecular weight excluding hydrogens is 492 g/mol. The van der Waals surface area contributed by atoms with Crippen LogP contribution in [0.4, 0.5) is 21.0 Å². The van der Waals surface area contributed by atoms with Crippen LogP contribution < -0.4 is 31.9 Å². The van der Waals surface area contributed by atoms with Gasteiger partial charge in [-0.15, -0.1) is 12.4 Å². The molecule has 2 aliphatic rings. The van der Waals surface area contributed by atoms with E-state index in [0.717, 1.165) is 86.0 Å². The van der Waals surface area contributed by atoms with Gasteiger partial charge in [-0.05, 0) is 61.4 Å². The molecule has 0 aromatic heterocycles. The third-order valence-corrected chi connectivity index (χ3v) is 5.86. The molecule has 37 heavy (non-hydrogen) atoms. The van der Waals surface area contributed by atoms with Crippen molar-refractivity contribution in [3.8, 4) is 0 Å². The Morgan fingerprint density at radius 1 is 0.649 bits per heavy atom. The van der Waals surface area contributed by atoms with Crippen LogP contribution in [-0.4, -0.2) is 63.0 Å². The number of nitrogens with zero attached hydrogens (tertiary/aromatic N) is 2. The number of carbonyl (C=O) groups is 2. The predicted octanol–water partition coefficient (Wildman–Crippen LogP) is 3.31. The highest BCUT2D eigenvalue weighted by Crippen LogP contribution is 2.12. The zero-order chi connectivity index (χ0) is 25.0. The molecule has 0 spiro atoms. The van der Waals surface area contributed by atoms with Crippen LogP contribution in [-0.2, 0) is 0 Å². The second kappa shape index (κ2) is 14.7. The summed E-state index contributed by atoms with van der Waals surface area (Å²) in [4.78, 5) is 32.9. The molecular formula is C26H35ClN8O2. The maximum absolute atomic E-state index is 12.1. The minimum Gasteiger partial charge on any atom is -0.368 e. The summed E-state index contributed by atoms with van der Waals surface area (Å²) >= 11 is 0. The predicted molar refractivity (Wildman–Crippen MR) is 151 cm³/mol. The molecule has 6 N–H and O–H groups in total. The van der Waals surface area contributed by atoms with Gasteiger partial charge in [0.05, 0.1) is 13.1 Å². The number of amides is 4. The molecule has 198 valence electrons. The number of hydrogen-bond donors (Lipinski definition) is 6. The van der Waals surface area contributed by atoms with E-state index in [1.165, 1.54) is 0 Å². The fourth-order valence-corrected chi connectivity index (χ4v) is 3.96. The number of nitrogens with one attached hydrogen (secondary N) is 6. The van der Waals surface area contributed by atoms with Gasteiger partial charge in [0.25, 0.3) is 0 Å². The van der Waals surface area contributed by atoms with Crippen molar-refractivity contribution in [3.05, 3.63) is 59.7 Å². The Hall–Kier alpha value is -3.79. The van der Waals surface area contributed by atoms with Crippen LogP contribution in [0.15, 0.2) is 58.5 Å². The van der Waals surface area contributed by atoms with Crippen molar-refractivity contribution in [1.82, 2.24) is 21.3 Å². The summed E-state index contributed by atoms with van der Waals surface area (Å²) in [5.41, 5.74) is 3.53. The minimum atomic E-state index is -0.210. The van der Waals surface area contributed by atoms with Gasteiger partial charge in [0, 0.05) is 48.7 Å². The summed E-state index contributed by atoms with van der Waals surface area (Å²) in [5.74, 6) is 1.81. The zero-order valence-electron chi connectivity index (χ0n) is 20.8. The number of benzene rings is 2. The highest BCUT2D eigenvalue weighted by Gasteiger charge is 2.09. The molecule has 0 radical (unpaired) electrons. The molecule has 2 heterocycles. The topological polar surface area (TPSA) is 131 Å². The Balaban J connectivity index is 0.00000380. The number of hydrogen-bond acceptors (Lipinski definition) is 6. The molecule has 0 fully saturated rings. The number of halogens is 1. The monoisotopic (exact) mass is 526 g/mol. The van der Waals surface area contributed by atoms with Crippen molar-refractivity contribution in [2.45, 2.75) is 25.7 Å². The van der Waals surface area contributed by atoms with E-state index in [4.69, 9.17) is 0 Å². The molecule has 0 atom stereocenters. The van der Waals surface area contributed by atoms with E-state index in [1.54, 1.807) is 0 Å². The van der Waals surface area contributed by atoms with Crippen LogP contribution in [0.25, 0.3) is 0 Å². The lowest BCUT2D eigenvalue weighted by Gasteiger charge is -2.10. The zero-order valence-corrected chi connectivity index (χ0v) is 21.6. The van der Waals surface area contributed by atoms with Gasteiger partial charge in [0.2, 0.25) is 0 Å². The third kappa shape index (κ3) is 8.98. The first-order valence-electron chi connectivity index (χ1n) is 12.5. The second-order valence-corrected chi connectivity index (χ2v) is 8.64. The molecule has 0 saturated carbocycles. The SMILES string of the molecule is Cl.O=C(NCCCCCCNC(=O)Nc1ccc(C2=NCCN2)cc1)Nc1ccc(C2=NCCN2)cc1. The highest BCUT2D eigenvalue weighted by molar-refractivity contribution is 6.01. The van der Waals surface area contributed by atoms with Gasteiger partial charge in [-0.1, -0.05) is 12.8 Å². The van der Waals surface area contributed by atoms with E-state index < -0.39 is 0 Å². The van der Waals surface area contributed by atoms with Crippen molar-refractivity contribution in [3.63, 3.8) is 0 Å². The van der Waals surface area contributed by atoms with E-state index in [1.807, 2.05) is 48.5 Å². The summed E-state index contributed by atoms with van der Waals surface area (Å²) in [5, 5.41) is 17.9. The number of aliphatic imine (C=N–C) groups is 2. The van der Waals surface area contributed by atoms with Crippen molar-refractivity contribution in [2.24, 2.45) is 9.98 Å². The first kappa shape index (κ1) is 27.8. The Morgan fingerprint density at radius 3 is 1.41 bits per heavy atom. The Bertz CT molecular complexity index is 999. The van der Waals surface area contributed by atoms with E-state index in [0.29, 0.717) is 13.1 Å². The number of urea groups is 2. The van der Waals surface area contributed by atoms with Gasteiger partial charge in [-0.25, -0.2) is 9.59 Å². The lowest BCUT2D eigenvalue weighted by Crippen LogP contribution is -2.30. The molecule has 0 aliphatic carbocycles. The molecule has 10 nitrogen and oxygen atoms in total. The average molecular weight is 527 g/mol. The Labute approximate surface area is 223 Å². The van der Waals surface area contributed by atoms with Crippen molar-refractivity contribution >= 4 is 47.5 Å². The van der Waals surface area contributed by atoms with Crippen LogP contribution in [0.2, 0.25) is 0 Å². The summed E-state index contributed by atoms with van der Waals surface area (Å²) in [6, 6.07) is 14.9. The fraction of sp³-hybridized carbons (Fsp3) is 0.385. The van der Waals surface area contributed by atoms with Crippen molar-refractivity contribution < 1.29 is 9.59 Å². The third-order valence-electron chi connectivity index (χ3n) is 5.86. The number of amidine groups is 2. The van der Waals surface area contributed by atoms with Gasteiger partial charge in [0.15, 0.2) is 0 Å². The molecule has 0 saturated heterocycles. The maximum Gasteiger partial charge on any atom is 0.319 e. The van der Waals surface area contributed by atoms with Crippen LogP contribution in [0, 0.1) is 0 Å². The summed E-state index contributed by atoms with van der Waals surface area (Å²) in [6.07, 6.45) is 3.73. The fourth-order valence-electron chi connectivity index (χ4n) is 3.96. The largest absolute Gasteiger partial charge is 0.368 e. The standard InChI is InChI=1S/C26H34N8O2.ClH/c35-25(33-21-9-5-19(6-10-21)23-27-15-16-28-23)31-13-3-1-2-4-14-32-26(36)34-22-11-7-20(8-12-22)24-29-17-18-30-24;/h5-12H,1-4,13-18H2,(H,27,28)(H,29,30)(H2,31,33,35)(H2,32,34,36);1H. The minimum absolute atomic E-state index is 0. The first-order valence-corrected chi connectivity index (χ1v) is 12.5. The number of anilines is 2. The normalized spacial score (nSPS) is 13.8. The summed E-state index contributed by atoms with van der Waals surface area (Å²) in [7, 11) is 0. The van der Waals surface area contributed by atoms with Gasteiger partial charge < -0.3 is 31.9 Å². The molecule has 0 unspecified atom stereocenters. The van der Waals surface area contributed by atoms with Crippen molar-refractivity contribution in [2.75, 3.05) is 49.9 Å². The number of carbonyl (C=O) groups excluding carboxylic acids is 2. The number of rotatable bonds is 11. The lowest BCUT2D eigenvalue weighted by atomic mass is 10.2. The van der Waals surface area contributed by atoms with E-state index in [9.17, 15) is 9.59 Å². The first-order chi connectivity index (χ1) is 17.7. The van der Waals surface area contributed by atoms with Gasteiger partial charge in [-0.2, -0.15) is 0 Å². The molecule has 0 bridgehead atoms. The average Bonchev–Trinajstić information content (AvgIpc) is 3.62. The Kier molecular flexibility index (Phi) is 11.0. The van der Waals surface area contributed by atoms with E-state index >= 15 is 0 Å². The lowest BCUT2D eigenvalue weighted by molar-refractivity contribution is 0.250. The van der Waals surface area contributed by atoms with Crippen LogP contribution in [0.3, 0.4) is 0 Å². The quantitative estimate of drug-likeness (QED) is 0.251. The van der Waals surface area contributed by atoms with Crippen LogP contribution in [0.1, 0.15) is 36.8 Å². The van der Waals surface area contributed by atoms with E-state index in [-0.39, 0.29) is 24.5 Å². The van der Waals surface area contributed by atoms with E-state index in [2.05, 4.69) is 41.9 Å². The molecule has 4 rings (SSSR count). The molecule has 11 heteroatoms. The molecule has 2 aromatic carbocycles. The summed E-state index contributed by atoms with van der Waals surface area (Å²) in [6.45, 7) is 4.55. The van der Waals surface area contributed by atoms with Crippen molar-refractivity contribution in [1.29, 1.82) is 0 Å². The molecule has 2 aliphatic heterocycles. The van der Waals surface area contributed by atoms with Crippen LogP contribution >= 0.6 is 12.4 Å². The molecule has 4 amide bonds. The highest BCUT2D eigenvalue weighted by atomic mass is 35.5. The second-order valence-electron chi connectivity index (χ2n) is 8.64. The van der Waals surface area contributed by atoms with Gasteiger partial charge in [0.1, 0.15) is 11.7 Å².